The lowest BCUT2D eigenvalue weighted by atomic mass is 10.1. The fourth-order valence-electron chi connectivity index (χ4n) is 2.43. The normalized spacial score (nSPS) is 11.5. The van der Waals surface area contributed by atoms with Crippen molar-refractivity contribution in [1.29, 1.82) is 0 Å². The molecule has 0 fully saturated rings. The van der Waals surface area contributed by atoms with E-state index in [0.29, 0.717) is 16.9 Å². The third-order valence-electron chi connectivity index (χ3n) is 3.72. The van der Waals surface area contributed by atoms with Gasteiger partial charge in [0.25, 0.3) is 5.89 Å². The second-order valence-electron chi connectivity index (χ2n) is 5.60. The molecule has 11 heteroatoms. The minimum absolute atomic E-state index is 0.0167. The molecular weight excluding hydrogens is 379 g/mol. The predicted octanol–water partition coefficient (Wildman–Crippen LogP) is 3.84. The molecule has 8 nitrogen and oxygen atoms in total. The Morgan fingerprint density at radius 3 is 2.36 bits per heavy atom. The number of nitrogens with zero attached hydrogens (tertiary/aromatic N) is 3. The molecule has 2 heterocycles. The first-order chi connectivity index (χ1) is 13.4. The van der Waals surface area contributed by atoms with Crippen molar-refractivity contribution in [3.8, 4) is 23.2 Å². The molecule has 0 atom stereocenters. The van der Waals surface area contributed by atoms with Gasteiger partial charge in [-0.05, 0) is 41.6 Å². The average Bonchev–Trinajstić information content (AvgIpc) is 3.31. The summed E-state index contributed by atoms with van der Waals surface area (Å²) >= 11 is 0. The molecule has 0 bridgehead atoms. The van der Waals surface area contributed by atoms with Crippen LogP contribution in [0.15, 0.2) is 62.3 Å². The molecular formula is C17H10F3N5O3. The number of hydrogen-bond acceptors (Lipinski definition) is 7. The Kier molecular flexibility index (Phi) is 4.18. The number of nitrogens with one attached hydrogen (secondary N) is 2. The summed E-state index contributed by atoms with van der Waals surface area (Å²) in [5.41, 5.74) is 0.744. The molecule has 0 unspecified atom stereocenters. The zero-order valence-electron chi connectivity index (χ0n) is 13.8. The highest BCUT2D eigenvalue weighted by molar-refractivity contribution is 5.77. The number of anilines is 2. The molecule has 2 N–H and O–H groups in total. The van der Waals surface area contributed by atoms with Crippen molar-refractivity contribution in [3.05, 3.63) is 64.6 Å². The van der Waals surface area contributed by atoms with Crippen molar-refractivity contribution >= 4 is 11.4 Å². The van der Waals surface area contributed by atoms with E-state index in [1.165, 1.54) is 12.1 Å². The first kappa shape index (κ1) is 17.5. The smallest absolute Gasteiger partial charge is 0.413 e. The molecule has 0 aliphatic carbocycles. The molecule has 2 aromatic heterocycles. The van der Waals surface area contributed by atoms with Gasteiger partial charge >= 0.3 is 11.9 Å². The van der Waals surface area contributed by atoms with Gasteiger partial charge in [0, 0.05) is 5.69 Å². The van der Waals surface area contributed by atoms with E-state index >= 15 is 0 Å². The number of benzene rings is 2. The van der Waals surface area contributed by atoms with Gasteiger partial charge in [-0.15, -0.1) is 10.2 Å². The molecule has 0 aliphatic rings. The Balaban J connectivity index is 1.63. The van der Waals surface area contributed by atoms with Gasteiger partial charge in [0.1, 0.15) is 0 Å². The average molecular weight is 389 g/mol. The number of aromatic amines is 1. The minimum atomic E-state index is -4.40. The number of para-hydroxylation sites is 1. The molecule has 0 amide bonds. The van der Waals surface area contributed by atoms with Crippen LogP contribution in [0.4, 0.5) is 24.5 Å². The van der Waals surface area contributed by atoms with E-state index < -0.39 is 17.5 Å². The number of H-pyrrole nitrogens is 1. The maximum Gasteiger partial charge on any atom is 0.439 e. The highest BCUT2D eigenvalue weighted by atomic mass is 19.4. The second kappa shape index (κ2) is 6.68. The van der Waals surface area contributed by atoms with Crippen molar-refractivity contribution in [2.75, 3.05) is 5.32 Å². The van der Waals surface area contributed by atoms with Gasteiger partial charge in [-0.3, -0.25) is 9.51 Å². The van der Waals surface area contributed by atoms with Gasteiger partial charge in [-0.2, -0.15) is 13.2 Å². The van der Waals surface area contributed by atoms with Crippen LogP contribution in [0.1, 0.15) is 5.56 Å². The molecule has 0 aliphatic heterocycles. The van der Waals surface area contributed by atoms with Crippen LogP contribution in [0, 0.1) is 0 Å². The summed E-state index contributed by atoms with van der Waals surface area (Å²) in [6.07, 6.45) is -4.40. The zero-order valence-corrected chi connectivity index (χ0v) is 13.8. The molecule has 28 heavy (non-hydrogen) atoms. The van der Waals surface area contributed by atoms with Gasteiger partial charge in [0.15, 0.2) is 0 Å². The fourth-order valence-corrected chi connectivity index (χ4v) is 2.43. The van der Waals surface area contributed by atoms with Gasteiger partial charge in [-0.25, -0.2) is 4.79 Å². The van der Waals surface area contributed by atoms with E-state index in [9.17, 15) is 18.0 Å². The van der Waals surface area contributed by atoms with E-state index in [2.05, 4.69) is 30.2 Å². The summed E-state index contributed by atoms with van der Waals surface area (Å²) < 4.78 is 48.0. The zero-order chi connectivity index (χ0) is 19.7. The van der Waals surface area contributed by atoms with Crippen molar-refractivity contribution in [1.82, 2.24) is 20.3 Å². The summed E-state index contributed by atoms with van der Waals surface area (Å²) in [5, 5.41) is 14.2. The Labute approximate surface area is 154 Å². The summed E-state index contributed by atoms with van der Waals surface area (Å²) in [7, 11) is 0. The lowest BCUT2D eigenvalue weighted by Crippen LogP contribution is -2.04. The van der Waals surface area contributed by atoms with Gasteiger partial charge in [0.2, 0.25) is 11.7 Å². The largest absolute Gasteiger partial charge is 0.439 e. The van der Waals surface area contributed by atoms with Crippen molar-refractivity contribution < 1.29 is 22.1 Å². The molecule has 0 saturated heterocycles. The van der Waals surface area contributed by atoms with Crippen molar-refractivity contribution in [2.24, 2.45) is 0 Å². The Bertz CT molecular complexity index is 1160. The Morgan fingerprint density at radius 1 is 0.964 bits per heavy atom. The Hall–Kier alpha value is -3.89. The molecule has 0 spiro atoms. The third kappa shape index (κ3) is 3.49. The molecule has 2 aromatic carbocycles. The first-order valence-electron chi connectivity index (χ1n) is 7.84. The van der Waals surface area contributed by atoms with Crippen LogP contribution in [-0.2, 0) is 6.18 Å². The summed E-state index contributed by atoms with van der Waals surface area (Å²) in [6, 6.07) is 11.5. The number of halogens is 3. The highest BCUT2D eigenvalue weighted by Crippen LogP contribution is 2.33. The third-order valence-corrected chi connectivity index (χ3v) is 3.72. The van der Waals surface area contributed by atoms with Crippen LogP contribution in [-0.4, -0.2) is 20.3 Å². The molecule has 142 valence electrons. The number of rotatable bonds is 4. The van der Waals surface area contributed by atoms with Crippen LogP contribution < -0.4 is 11.1 Å². The maximum atomic E-state index is 12.7. The fraction of sp³-hybridized carbons (Fsp3) is 0.0588. The van der Waals surface area contributed by atoms with E-state index in [1.54, 1.807) is 24.3 Å². The number of alkyl halides is 3. The summed E-state index contributed by atoms with van der Waals surface area (Å²) in [6.45, 7) is 0. The van der Waals surface area contributed by atoms with E-state index in [4.69, 9.17) is 4.42 Å². The van der Waals surface area contributed by atoms with E-state index in [1.807, 2.05) is 0 Å². The molecule has 0 radical (unpaired) electrons. The Morgan fingerprint density at radius 2 is 1.68 bits per heavy atom. The van der Waals surface area contributed by atoms with Gasteiger partial charge < -0.3 is 9.73 Å². The van der Waals surface area contributed by atoms with Crippen LogP contribution >= 0.6 is 0 Å². The lowest BCUT2D eigenvalue weighted by molar-refractivity contribution is -0.137. The first-order valence-corrected chi connectivity index (χ1v) is 7.84. The second-order valence-corrected chi connectivity index (χ2v) is 5.60. The number of hydrogen-bond donors (Lipinski definition) is 2. The van der Waals surface area contributed by atoms with Crippen molar-refractivity contribution in [3.63, 3.8) is 0 Å². The maximum absolute atomic E-state index is 12.7. The highest BCUT2D eigenvalue weighted by Gasteiger charge is 2.30. The van der Waals surface area contributed by atoms with Crippen LogP contribution in [0.5, 0.6) is 0 Å². The van der Waals surface area contributed by atoms with Gasteiger partial charge in [0.05, 0.1) is 16.8 Å². The van der Waals surface area contributed by atoms with Crippen LogP contribution in [0.25, 0.3) is 23.2 Å². The van der Waals surface area contributed by atoms with Crippen molar-refractivity contribution in [2.45, 2.75) is 6.18 Å². The van der Waals surface area contributed by atoms with E-state index in [-0.39, 0.29) is 17.6 Å². The monoisotopic (exact) mass is 389 g/mol. The summed E-state index contributed by atoms with van der Waals surface area (Å²) in [4.78, 5) is 13.3. The quantitative estimate of drug-likeness (QED) is 0.546. The predicted molar refractivity (Wildman–Crippen MR) is 90.6 cm³/mol. The van der Waals surface area contributed by atoms with E-state index in [0.717, 1.165) is 12.1 Å². The molecule has 4 rings (SSSR count). The van der Waals surface area contributed by atoms with Crippen LogP contribution in [0.2, 0.25) is 0 Å². The summed E-state index contributed by atoms with van der Waals surface area (Å²) in [5.74, 6) is -0.713. The van der Waals surface area contributed by atoms with Crippen LogP contribution in [0.3, 0.4) is 0 Å². The molecule has 0 saturated carbocycles. The molecule has 4 aromatic rings. The van der Waals surface area contributed by atoms with Gasteiger partial charge in [-0.1, -0.05) is 12.1 Å². The SMILES string of the molecule is O=c1[nH]c(-c2nnc(-c3ccccc3Nc3ccc(C(F)(F)F)cc3)o2)no1. The minimum Gasteiger partial charge on any atom is -0.413 e. The number of aromatic nitrogens is 4. The lowest BCUT2D eigenvalue weighted by Gasteiger charge is -2.11. The standard InChI is InChI=1S/C17H10F3N5O3/c18-17(19,20)9-5-7-10(8-6-9)21-12-4-2-1-3-11(12)14-23-24-15(27-14)13-22-16(26)28-25-13/h1-8,21H,(H,22,25,26). The topological polar surface area (TPSA) is 110 Å².